The number of hydrogen-bond acceptors (Lipinski definition) is 4. The van der Waals surface area contributed by atoms with Gasteiger partial charge in [0.1, 0.15) is 17.2 Å². The fourth-order valence-electron chi connectivity index (χ4n) is 2.81. The highest BCUT2D eigenvalue weighted by Crippen LogP contribution is 2.51. The second kappa shape index (κ2) is 8.75. The molecule has 0 aliphatic carbocycles. The molecule has 0 aliphatic rings. The minimum absolute atomic E-state index is 0.312. The summed E-state index contributed by atoms with van der Waals surface area (Å²) in [7, 11) is -4.02. The molecular formula is C24H27O4P. The summed E-state index contributed by atoms with van der Waals surface area (Å²) in [6.45, 7) is 9.88. The van der Waals surface area contributed by atoms with Gasteiger partial charge in [0, 0.05) is 0 Å². The van der Waals surface area contributed by atoms with Gasteiger partial charge in [-0.2, -0.15) is 4.57 Å². The molecule has 0 radical (unpaired) electrons. The molecule has 3 aromatic rings. The first kappa shape index (κ1) is 21.0. The zero-order valence-electron chi connectivity index (χ0n) is 17.5. The standard InChI is InChI=1S/C24H27O4P/c1-17(2)21-15-14-20(5)24(16-21)28-29(25,26-22-12-8-6-10-18(22)3)27-23-13-9-7-11-19(23)4/h6-17H,1-5H3. The van der Waals surface area contributed by atoms with E-state index >= 15 is 0 Å². The molecule has 0 N–H and O–H groups in total. The Hall–Kier alpha value is -2.71. The molecule has 0 bridgehead atoms. The predicted molar refractivity (Wildman–Crippen MR) is 117 cm³/mol. The summed E-state index contributed by atoms with van der Waals surface area (Å²) in [5.74, 6) is 1.72. The molecule has 0 aromatic heterocycles. The van der Waals surface area contributed by atoms with E-state index in [4.69, 9.17) is 13.6 Å². The van der Waals surface area contributed by atoms with Crippen molar-refractivity contribution in [2.75, 3.05) is 0 Å². The third-order valence-electron chi connectivity index (χ3n) is 4.70. The first-order valence-corrected chi connectivity index (χ1v) is 11.1. The molecule has 0 unspecified atom stereocenters. The van der Waals surface area contributed by atoms with Crippen LogP contribution in [0.2, 0.25) is 0 Å². The van der Waals surface area contributed by atoms with Gasteiger partial charge in [0.25, 0.3) is 0 Å². The maximum Gasteiger partial charge on any atom is 0.647 e. The lowest BCUT2D eigenvalue weighted by Gasteiger charge is -2.22. The molecule has 0 amide bonds. The fourth-order valence-corrected chi connectivity index (χ4v) is 4.25. The number of phosphoric acid groups is 1. The second-order valence-electron chi connectivity index (χ2n) is 7.43. The van der Waals surface area contributed by atoms with Crippen molar-refractivity contribution in [3.8, 4) is 17.2 Å². The van der Waals surface area contributed by atoms with Crippen LogP contribution in [0.3, 0.4) is 0 Å². The molecule has 0 fully saturated rings. The van der Waals surface area contributed by atoms with Crippen LogP contribution in [0.1, 0.15) is 42.0 Å². The first-order valence-electron chi connectivity index (χ1n) is 9.68. The molecular weight excluding hydrogens is 383 g/mol. The van der Waals surface area contributed by atoms with E-state index in [1.54, 1.807) is 12.1 Å². The number of para-hydroxylation sites is 2. The van der Waals surface area contributed by atoms with Crippen LogP contribution in [0.5, 0.6) is 17.2 Å². The summed E-state index contributed by atoms with van der Waals surface area (Å²) in [5, 5.41) is 0. The normalized spacial score (nSPS) is 11.4. The molecule has 4 nitrogen and oxygen atoms in total. The van der Waals surface area contributed by atoms with E-state index in [9.17, 15) is 4.57 Å². The molecule has 152 valence electrons. The largest absolute Gasteiger partial charge is 0.647 e. The van der Waals surface area contributed by atoms with E-state index < -0.39 is 7.82 Å². The number of rotatable bonds is 7. The van der Waals surface area contributed by atoms with Crippen LogP contribution < -0.4 is 13.6 Å². The highest BCUT2D eigenvalue weighted by molar-refractivity contribution is 7.49. The van der Waals surface area contributed by atoms with E-state index in [-0.39, 0.29) is 0 Å². The molecule has 3 rings (SSSR count). The average Bonchev–Trinajstić information content (AvgIpc) is 2.67. The fraction of sp³-hybridized carbons (Fsp3) is 0.250. The molecule has 0 aliphatic heterocycles. The predicted octanol–water partition coefficient (Wildman–Crippen LogP) is 7.38. The smallest absolute Gasteiger partial charge is 0.386 e. The Balaban J connectivity index is 2.01. The average molecular weight is 410 g/mol. The van der Waals surface area contributed by atoms with Crippen LogP contribution in [0, 0.1) is 20.8 Å². The van der Waals surface area contributed by atoms with Crippen molar-refractivity contribution in [3.63, 3.8) is 0 Å². The van der Waals surface area contributed by atoms with Gasteiger partial charge in [0.2, 0.25) is 0 Å². The van der Waals surface area contributed by atoms with Crippen molar-refractivity contribution in [2.24, 2.45) is 0 Å². The lowest BCUT2D eigenvalue weighted by atomic mass is 10.0. The Labute approximate surface area is 173 Å². The zero-order valence-corrected chi connectivity index (χ0v) is 18.4. The maximum absolute atomic E-state index is 13.8. The van der Waals surface area contributed by atoms with Crippen molar-refractivity contribution in [1.82, 2.24) is 0 Å². The van der Waals surface area contributed by atoms with Crippen molar-refractivity contribution in [2.45, 2.75) is 40.5 Å². The van der Waals surface area contributed by atoms with Crippen molar-refractivity contribution in [3.05, 3.63) is 89.0 Å². The van der Waals surface area contributed by atoms with Gasteiger partial charge in [-0.15, -0.1) is 0 Å². The first-order chi connectivity index (χ1) is 13.8. The molecule has 29 heavy (non-hydrogen) atoms. The van der Waals surface area contributed by atoms with Gasteiger partial charge in [-0.05, 0) is 67.1 Å². The Kier molecular flexibility index (Phi) is 6.34. The van der Waals surface area contributed by atoms with Crippen LogP contribution in [0.25, 0.3) is 0 Å². The molecule has 0 atom stereocenters. The van der Waals surface area contributed by atoms with E-state index in [1.807, 2.05) is 75.4 Å². The lowest BCUT2D eigenvalue weighted by molar-refractivity contribution is 0.296. The Morgan fingerprint density at radius 3 is 1.59 bits per heavy atom. The third kappa shape index (κ3) is 5.21. The molecule has 0 saturated carbocycles. The zero-order chi connectivity index (χ0) is 21.0. The lowest BCUT2D eigenvalue weighted by Crippen LogP contribution is -2.09. The minimum atomic E-state index is -4.02. The van der Waals surface area contributed by atoms with Crippen molar-refractivity contribution < 1.29 is 18.1 Å². The summed E-state index contributed by atoms with van der Waals surface area (Å²) < 4.78 is 31.5. The topological polar surface area (TPSA) is 44.8 Å². The van der Waals surface area contributed by atoms with Crippen LogP contribution in [0.15, 0.2) is 66.7 Å². The van der Waals surface area contributed by atoms with Gasteiger partial charge in [0.15, 0.2) is 0 Å². The quantitative estimate of drug-likeness (QED) is 0.381. The number of hydrogen-bond donors (Lipinski definition) is 0. The SMILES string of the molecule is Cc1ccccc1OP(=O)(Oc1ccccc1C)Oc1cc(C(C)C)ccc1C. The molecule has 0 spiro atoms. The second-order valence-corrected chi connectivity index (χ2v) is 8.87. The monoisotopic (exact) mass is 410 g/mol. The summed E-state index contributed by atoms with van der Waals surface area (Å²) >= 11 is 0. The van der Waals surface area contributed by atoms with Gasteiger partial charge in [0.05, 0.1) is 0 Å². The summed E-state index contributed by atoms with van der Waals surface area (Å²) in [6, 6.07) is 20.6. The van der Waals surface area contributed by atoms with Crippen molar-refractivity contribution in [1.29, 1.82) is 0 Å². The van der Waals surface area contributed by atoms with Gasteiger partial charge in [-0.3, -0.25) is 0 Å². The van der Waals surface area contributed by atoms with Gasteiger partial charge >= 0.3 is 7.82 Å². The number of benzene rings is 3. The Morgan fingerprint density at radius 2 is 1.10 bits per heavy atom. The number of phosphoric ester groups is 1. The Bertz CT molecular complexity index is 991. The van der Waals surface area contributed by atoms with Crippen LogP contribution in [0.4, 0.5) is 0 Å². The summed E-state index contributed by atoms with van der Waals surface area (Å²) in [5.41, 5.74) is 3.63. The van der Waals surface area contributed by atoms with Crippen LogP contribution in [-0.2, 0) is 4.57 Å². The highest BCUT2D eigenvalue weighted by Gasteiger charge is 2.34. The van der Waals surface area contributed by atoms with Crippen LogP contribution in [-0.4, -0.2) is 0 Å². The van der Waals surface area contributed by atoms with E-state index in [0.717, 1.165) is 22.3 Å². The van der Waals surface area contributed by atoms with Crippen molar-refractivity contribution >= 4 is 7.82 Å². The summed E-state index contributed by atoms with van der Waals surface area (Å²) in [6.07, 6.45) is 0. The van der Waals surface area contributed by atoms with Crippen LogP contribution >= 0.6 is 7.82 Å². The maximum atomic E-state index is 13.8. The molecule has 5 heteroatoms. The van der Waals surface area contributed by atoms with E-state index in [0.29, 0.717) is 23.2 Å². The number of aryl methyl sites for hydroxylation is 3. The minimum Gasteiger partial charge on any atom is -0.386 e. The molecule has 0 heterocycles. The van der Waals surface area contributed by atoms with Gasteiger partial charge in [-0.25, -0.2) is 0 Å². The van der Waals surface area contributed by atoms with Gasteiger partial charge in [-0.1, -0.05) is 62.4 Å². The third-order valence-corrected chi connectivity index (χ3v) is 5.96. The summed E-state index contributed by atoms with van der Waals surface area (Å²) in [4.78, 5) is 0. The van der Waals surface area contributed by atoms with Gasteiger partial charge < -0.3 is 13.6 Å². The van der Waals surface area contributed by atoms with E-state index in [2.05, 4.69) is 13.8 Å². The Morgan fingerprint density at radius 1 is 0.655 bits per heavy atom. The molecule has 0 saturated heterocycles. The molecule has 3 aromatic carbocycles. The van der Waals surface area contributed by atoms with E-state index in [1.165, 1.54) is 0 Å². The highest BCUT2D eigenvalue weighted by atomic mass is 31.2.